The highest BCUT2D eigenvalue weighted by Gasteiger charge is 2.38. The minimum atomic E-state index is -4.82. The second kappa shape index (κ2) is 4.88. The number of carbonyl (C=O) groups excluding carboxylic acids is 1. The van der Waals surface area contributed by atoms with E-state index in [9.17, 15) is 18.0 Å². The Morgan fingerprint density at radius 2 is 2.00 bits per heavy atom. The number of alkyl halides is 3. The predicted octanol–water partition coefficient (Wildman–Crippen LogP) is 3.29. The minimum absolute atomic E-state index is 0.00764. The molecule has 0 aromatic carbocycles. The molecule has 0 N–H and O–H groups in total. The van der Waals surface area contributed by atoms with E-state index < -0.39 is 18.4 Å². The van der Waals surface area contributed by atoms with Crippen LogP contribution in [-0.2, 0) is 24.1 Å². The molecule has 18 heavy (non-hydrogen) atoms. The van der Waals surface area contributed by atoms with Gasteiger partial charge in [-0.25, -0.2) is 4.98 Å². The van der Waals surface area contributed by atoms with Gasteiger partial charge in [0.15, 0.2) is 0 Å². The van der Waals surface area contributed by atoms with Crippen LogP contribution in [0.3, 0.4) is 0 Å². The number of hydrogen-bond acceptors (Lipinski definition) is 2. The maximum Gasteiger partial charge on any atom is 0.450 e. The first kappa shape index (κ1) is 13.3. The molecule has 0 saturated heterocycles. The highest BCUT2D eigenvalue weighted by atomic mass is 35.5. The van der Waals surface area contributed by atoms with E-state index in [0.29, 0.717) is 0 Å². The van der Waals surface area contributed by atoms with E-state index in [1.54, 1.807) is 6.07 Å². The predicted molar refractivity (Wildman–Crippen MR) is 60.7 cm³/mol. The van der Waals surface area contributed by atoms with Crippen molar-refractivity contribution in [3.8, 4) is 0 Å². The van der Waals surface area contributed by atoms with E-state index >= 15 is 0 Å². The number of halogens is 4. The highest BCUT2D eigenvalue weighted by molar-refractivity contribution is 6.30. The molecule has 0 unspecified atom stereocenters. The zero-order valence-electron chi connectivity index (χ0n) is 9.48. The molecule has 0 radical (unpaired) electrons. The van der Waals surface area contributed by atoms with Crippen LogP contribution in [0.4, 0.5) is 13.2 Å². The Balaban J connectivity index is 2.26. The number of hydrogen-bond donors (Lipinski definition) is 0. The lowest BCUT2D eigenvalue weighted by Gasteiger charge is -2.16. The van der Waals surface area contributed by atoms with Crippen LogP contribution in [-0.4, -0.2) is 16.9 Å². The summed E-state index contributed by atoms with van der Waals surface area (Å²) in [6.07, 6.45) is -1.97. The number of rotatable bonds is 2. The summed E-state index contributed by atoms with van der Waals surface area (Å²) < 4.78 is 36.6. The number of ketones is 1. The van der Waals surface area contributed by atoms with Gasteiger partial charge in [-0.15, -0.1) is 0 Å². The van der Waals surface area contributed by atoms with Gasteiger partial charge in [0.05, 0.1) is 0 Å². The summed E-state index contributed by atoms with van der Waals surface area (Å²) in [4.78, 5) is 15.0. The fourth-order valence-corrected chi connectivity index (χ4v) is 2.28. The van der Waals surface area contributed by atoms with Crippen LogP contribution in [0.5, 0.6) is 0 Å². The molecule has 0 saturated carbocycles. The highest BCUT2D eigenvalue weighted by Crippen LogP contribution is 2.27. The average molecular weight is 278 g/mol. The number of fused-ring (bicyclic) bond motifs is 1. The smallest absolute Gasteiger partial charge is 0.289 e. The molecule has 1 aromatic rings. The molecule has 1 heterocycles. The molecule has 0 aliphatic heterocycles. The summed E-state index contributed by atoms with van der Waals surface area (Å²) in [5.41, 5.74) is 1.92. The summed E-state index contributed by atoms with van der Waals surface area (Å²) in [5, 5.41) is 0.00764. The molecule has 2 rings (SSSR count). The minimum Gasteiger partial charge on any atom is -0.289 e. The number of aryl methyl sites for hydroxylation is 2. The monoisotopic (exact) mass is 277 g/mol. The third kappa shape index (κ3) is 2.83. The Morgan fingerprint density at radius 3 is 2.67 bits per heavy atom. The topological polar surface area (TPSA) is 30.0 Å². The standard InChI is InChI=1S/C12H11ClF3NO/c13-11-8(6-10(18)12(14,15)16)5-7-3-1-2-4-9(7)17-11/h5H,1-4,6H2. The van der Waals surface area contributed by atoms with Crippen molar-refractivity contribution in [2.45, 2.75) is 38.3 Å². The van der Waals surface area contributed by atoms with Gasteiger partial charge in [-0.2, -0.15) is 13.2 Å². The molecule has 0 amide bonds. The second-order valence-electron chi connectivity index (χ2n) is 4.35. The van der Waals surface area contributed by atoms with Gasteiger partial charge in [0.2, 0.25) is 5.78 Å². The zero-order chi connectivity index (χ0) is 13.3. The number of Topliss-reactive ketones (excluding diaryl/α,β-unsaturated/α-hetero) is 1. The van der Waals surface area contributed by atoms with Crippen LogP contribution >= 0.6 is 11.6 Å². The van der Waals surface area contributed by atoms with Crippen molar-refractivity contribution < 1.29 is 18.0 Å². The number of pyridine rings is 1. The summed E-state index contributed by atoms with van der Waals surface area (Å²) in [6.45, 7) is 0. The van der Waals surface area contributed by atoms with E-state index in [2.05, 4.69) is 4.98 Å². The SMILES string of the molecule is O=C(Cc1cc2c(nc1Cl)CCCC2)C(F)(F)F. The lowest BCUT2D eigenvalue weighted by molar-refractivity contribution is -0.170. The van der Waals surface area contributed by atoms with Gasteiger partial charge in [-0.1, -0.05) is 17.7 Å². The molecule has 1 aliphatic carbocycles. The van der Waals surface area contributed by atoms with Crippen molar-refractivity contribution in [3.05, 3.63) is 28.0 Å². The largest absolute Gasteiger partial charge is 0.450 e. The summed E-state index contributed by atoms with van der Waals surface area (Å²) >= 11 is 5.82. The van der Waals surface area contributed by atoms with Crippen LogP contribution in [0.15, 0.2) is 6.07 Å². The van der Waals surface area contributed by atoms with Gasteiger partial charge < -0.3 is 0 Å². The quantitative estimate of drug-likeness (QED) is 0.777. The van der Waals surface area contributed by atoms with E-state index in [4.69, 9.17) is 11.6 Å². The summed E-state index contributed by atoms with van der Waals surface area (Å²) in [5.74, 6) is -1.79. The van der Waals surface area contributed by atoms with Crippen molar-refractivity contribution in [3.63, 3.8) is 0 Å². The van der Waals surface area contributed by atoms with Crippen LogP contribution in [0.2, 0.25) is 5.15 Å². The molecule has 98 valence electrons. The average Bonchev–Trinajstić information content (AvgIpc) is 2.28. The Kier molecular flexibility index (Phi) is 3.61. The number of carbonyl (C=O) groups is 1. The molecular formula is C12H11ClF3NO. The zero-order valence-corrected chi connectivity index (χ0v) is 10.2. The van der Waals surface area contributed by atoms with Crippen molar-refractivity contribution in [1.82, 2.24) is 4.98 Å². The third-order valence-electron chi connectivity index (χ3n) is 2.99. The Morgan fingerprint density at radius 1 is 1.33 bits per heavy atom. The lowest BCUT2D eigenvalue weighted by Crippen LogP contribution is -2.25. The van der Waals surface area contributed by atoms with Gasteiger partial charge >= 0.3 is 6.18 Å². The Bertz CT molecular complexity index is 485. The van der Waals surface area contributed by atoms with Gasteiger partial charge in [0.1, 0.15) is 5.15 Å². The third-order valence-corrected chi connectivity index (χ3v) is 3.32. The molecule has 0 fully saturated rings. The molecular weight excluding hydrogens is 267 g/mol. The number of nitrogens with zero attached hydrogens (tertiary/aromatic N) is 1. The van der Waals surface area contributed by atoms with E-state index in [-0.39, 0.29) is 10.7 Å². The first-order chi connectivity index (χ1) is 8.38. The lowest BCUT2D eigenvalue weighted by atomic mass is 9.94. The Hall–Kier alpha value is -1.10. The summed E-state index contributed by atoms with van der Waals surface area (Å²) in [7, 11) is 0. The molecule has 2 nitrogen and oxygen atoms in total. The van der Waals surface area contributed by atoms with E-state index in [0.717, 1.165) is 36.9 Å². The molecule has 1 aliphatic rings. The first-order valence-corrected chi connectivity index (χ1v) is 6.03. The van der Waals surface area contributed by atoms with Crippen molar-refractivity contribution in [2.75, 3.05) is 0 Å². The van der Waals surface area contributed by atoms with Crippen LogP contribution in [0.25, 0.3) is 0 Å². The summed E-state index contributed by atoms with van der Waals surface area (Å²) in [6, 6.07) is 1.59. The molecule has 6 heteroatoms. The van der Waals surface area contributed by atoms with Gasteiger partial charge in [-0.3, -0.25) is 4.79 Å². The van der Waals surface area contributed by atoms with Crippen LogP contribution in [0, 0.1) is 0 Å². The number of aromatic nitrogens is 1. The molecule has 0 spiro atoms. The molecule has 1 aromatic heterocycles. The van der Waals surface area contributed by atoms with Gasteiger partial charge in [-0.05, 0) is 36.8 Å². The van der Waals surface area contributed by atoms with Crippen molar-refractivity contribution in [1.29, 1.82) is 0 Å². The van der Waals surface area contributed by atoms with Crippen molar-refractivity contribution >= 4 is 17.4 Å². The van der Waals surface area contributed by atoms with E-state index in [1.807, 2.05) is 0 Å². The fraction of sp³-hybridized carbons (Fsp3) is 0.500. The molecule has 0 bridgehead atoms. The first-order valence-electron chi connectivity index (χ1n) is 5.65. The maximum absolute atomic E-state index is 12.2. The second-order valence-corrected chi connectivity index (χ2v) is 4.71. The molecule has 0 atom stereocenters. The Labute approximate surface area is 107 Å². The normalized spacial score (nSPS) is 15.3. The fourth-order valence-electron chi connectivity index (χ4n) is 2.05. The maximum atomic E-state index is 12.2. The van der Waals surface area contributed by atoms with Crippen LogP contribution in [0.1, 0.15) is 29.7 Å². The van der Waals surface area contributed by atoms with Crippen molar-refractivity contribution in [2.24, 2.45) is 0 Å². The van der Waals surface area contributed by atoms with Gasteiger partial charge in [0.25, 0.3) is 0 Å². The van der Waals surface area contributed by atoms with Gasteiger partial charge in [0, 0.05) is 12.1 Å². The van der Waals surface area contributed by atoms with E-state index in [1.165, 1.54) is 0 Å². The van der Waals surface area contributed by atoms with Crippen LogP contribution < -0.4 is 0 Å².